The molecule has 0 bridgehead atoms. The third-order valence-corrected chi connectivity index (χ3v) is 9.05. The van der Waals surface area contributed by atoms with Crippen LogP contribution >= 0.6 is 23.4 Å². The number of rotatable bonds is 12. The van der Waals surface area contributed by atoms with Crippen molar-refractivity contribution in [2.24, 2.45) is 5.41 Å². The van der Waals surface area contributed by atoms with Crippen LogP contribution < -0.4 is 4.74 Å². The predicted octanol–water partition coefficient (Wildman–Crippen LogP) is 6.76. The number of aryl methyl sites for hydroxylation is 1. The standard InChI is InChI=1S/C30H37ClN2O4S/c1-21-5-3-6-23(17-21)38-16-4-13-33-14-11-30(12-15-33,19-28(35)36)10-9-27(34)29-24-18-22(37-2)7-8-26(24)32-20-25(29)31/h3,5-8,17-18,20,27,34H,4,9-16,19H2,1-2H3,(H,35,36)/t27-/m1/s1. The van der Waals surface area contributed by atoms with E-state index in [1.165, 1.54) is 10.5 Å². The van der Waals surface area contributed by atoms with E-state index in [1.807, 2.05) is 30.0 Å². The minimum Gasteiger partial charge on any atom is -0.497 e. The number of methoxy groups -OCH3 is 1. The molecule has 2 aromatic carbocycles. The van der Waals surface area contributed by atoms with E-state index in [9.17, 15) is 15.0 Å². The monoisotopic (exact) mass is 556 g/mol. The number of nitrogens with zero attached hydrogens (tertiary/aromatic N) is 2. The molecule has 1 atom stereocenters. The number of pyridine rings is 1. The van der Waals surface area contributed by atoms with Crippen LogP contribution in [0.25, 0.3) is 10.9 Å². The number of ether oxygens (including phenoxy) is 1. The highest BCUT2D eigenvalue weighted by Crippen LogP contribution is 2.43. The second-order valence-corrected chi connectivity index (χ2v) is 12.0. The summed E-state index contributed by atoms with van der Waals surface area (Å²) < 4.78 is 5.36. The van der Waals surface area contributed by atoms with Gasteiger partial charge in [0.05, 0.1) is 30.2 Å². The van der Waals surface area contributed by atoms with E-state index in [-0.39, 0.29) is 11.8 Å². The van der Waals surface area contributed by atoms with Crippen molar-refractivity contribution in [3.63, 3.8) is 0 Å². The second kappa shape index (κ2) is 13.2. The molecule has 0 aliphatic carbocycles. The summed E-state index contributed by atoms with van der Waals surface area (Å²) in [5.41, 5.74) is 2.32. The molecule has 0 radical (unpaired) electrons. The minimum absolute atomic E-state index is 0.120. The fourth-order valence-corrected chi connectivity index (χ4v) is 6.72. The number of likely N-dealkylation sites (tertiary alicyclic amines) is 1. The van der Waals surface area contributed by atoms with E-state index in [1.54, 1.807) is 13.3 Å². The van der Waals surface area contributed by atoms with Gasteiger partial charge >= 0.3 is 5.97 Å². The molecule has 38 heavy (non-hydrogen) atoms. The summed E-state index contributed by atoms with van der Waals surface area (Å²) in [6.07, 6.45) is 4.67. The van der Waals surface area contributed by atoms with Crippen molar-refractivity contribution in [2.45, 2.75) is 56.4 Å². The molecule has 1 aliphatic heterocycles. The molecule has 6 nitrogen and oxygen atoms in total. The Balaban J connectivity index is 1.35. The summed E-state index contributed by atoms with van der Waals surface area (Å²) in [7, 11) is 1.60. The smallest absolute Gasteiger partial charge is 0.303 e. The lowest BCUT2D eigenvalue weighted by molar-refractivity contribution is -0.141. The molecular formula is C30H37ClN2O4S. The summed E-state index contributed by atoms with van der Waals surface area (Å²) in [5, 5.41) is 22.1. The maximum absolute atomic E-state index is 11.8. The normalized spacial score (nSPS) is 16.4. The fraction of sp³-hybridized carbons (Fsp3) is 0.467. The Bertz CT molecular complexity index is 1250. The minimum atomic E-state index is -0.817. The van der Waals surface area contributed by atoms with E-state index in [4.69, 9.17) is 16.3 Å². The summed E-state index contributed by atoms with van der Waals surface area (Å²) in [4.78, 5) is 20.0. The Morgan fingerprint density at radius 3 is 2.74 bits per heavy atom. The molecule has 8 heteroatoms. The van der Waals surface area contributed by atoms with E-state index >= 15 is 0 Å². The zero-order valence-corrected chi connectivity index (χ0v) is 23.7. The number of hydrogen-bond donors (Lipinski definition) is 2. The number of aromatic nitrogens is 1. The molecule has 2 heterocycles. The lowest BCUT2D eigenvalue weighted by Crippen LogP contribution is -2.41. The molecule has 204 valence electrons. The summed E-state index contributed by atoms with van der Waals surface area (Å²) >= 11 is 8.38. The van der Waals surface area contributed by atoms with Gasteiger partial charge in [-0.1, -0.05) is 29.3 Å². The van der Waals surface area contributed by atoms with Gasteiger partial charge in [-0.3, -0.25) is 9.78 Å². The van der Waals surface area contributed by atoms with Gasteiger partial charge in [0.25, 0.3) is 0 Å². The number of aliphatic hydroxyl groups excluding tert-OH is 1. The Labute approximate surface area is 234 Å². The number of fused-ring (bicyclic) bond motifs is 1. The molecule has 0 spiro atoms. The zero-order chi connectivity index (χ0) is 27.1. The average molecular weight is 557 g/mol. The molecule has 1 saturated heterocycles. The SMILES string of the molecule is COc1ccc2ncc(Cl)c([C@H](O)CCC3(CC(=O)O)CCN(CCCSc4cccc(C)c4)CC3)c2c1. The molecule has 3 aromatic rings. The number of aliphatic carboxylic acids is 1. The molecule has 0 unspecified atom stereocenters. The number of aliphatic hydroxyl groups is 1. The van der Waals surface area contributed by atoms with Crippen molar-refractivity contribution in [3.05, 3.63) is 64.8 Å². The maximum atomic E-state index is 11.8. The first-order valence-corrected chi connectivity index (χ1v) is 14.6. The van der Waals surface area contributed by atoms with Crippen LogP contribution in [-0.4, -0.2) is 58.6 Å². The second-order valence-electron chi connectivity index (χ2n) is 10.4. The lowest BCUT2D eigenvalue weighted by atomic mass is 9.71. The van der Waals surface area contributed by atoms with E-state index in [0.29, 0.717) is 29.2 Å². The number of carboxylic acids is 1. The van der Waals surface area contributed by atoms with Crippen LogP contribution in [0.4, 0.5) is 0 Å². The van der Waals surface area contributed by atoms with Gasteiger partial charge in [-0.25, -0.2) is 0 Å². The average Bonchev–Trinajstić information content (AvgIpc) is 2.90. The van der Waals surface area contributed by atoms with Crippen molar-refractivity contribution >= 4 is 40.2 Å². The van der Waals surface area contributed by atoms with Gasteiger partial charge in [-0.15, -0.1) is 11.8 Å². The first kappa shape index (κ1) is 28.7. The highest BCUT2D eigenvalue weighted by Gasteiger charge is 2.37. The van der Waals surface area contributed by atoms with Gasteiger partial charge in [0, 0.05) is 22.0 Å². The van der Waals surface area contributed by atoms with Crippen LogP contribution in [0, 0.1) is 12.3 Å². The predicted molar refractivity (Wildman–Crippen MR) is 154 cm³/mol. The number of hydrogen-bond acceptors (Lipinski definition) is 6. The largest absolute Gasteiger partial charge is 0.497 e. The third-order valence-electron chi connectivity index (χ3n) is 7.67. The molecule has 1 aliphatic rings. The van der Waals surface area contributed by atoms with Crippen molar-refractivity contribution in [2.75, 3.05) is 32.5 Å². The van der Waals surface area contributed by atoms with E-state index < -0.39 is 12.1 Å². The highest BCUT2D eigenvalue weighted by molar-refractivity contribution is 7.99. The molecule has 1 aromatic heterocycles. The van der Waals surface area contributed by atoms with Crippen molar-refractivity contribution in [1.82, 2.24) is 9.88 Å². The maximum Gasteiger partial charge on any atom is 0.303 e. The van der Waals surface area contributed by atoms with Gasteiger partial charge in [0.1, 0.15) is 5.75 Å². The van der Waals surface area contributed by atoms with Crippen LogP contribution in [0.3, 0.4) is 0 Å². The van der Waals surface area contributed by atoms with Crippen LogP contribution in [0.15, 0.2) is 53.6 Å². The first-order valence-electron chi connectivity index (χ1n) is 13.2. The van der Waals surface area contributed by atoms with Gasteiger partial charge in [-0.05, 0) is 100 Å². The van der Waals surface area contributed by atoms with Crippen LogP contribution in [0.2, 0.25) is 5.02 Å². The van der Waals surface area contributed by atoms with Crippen molar-refractivity contribution < 1.29 is 19.7 Å². The van der Waals surface area contributed by atoms with Gasteiger partial charge in [-0.2, -0.15) is 0 Å². The summed E-state index contributed by atoms with van der Waals surface area (Å²) in [6.45, 7) is 4.90. The van der Waals surface area contributed by atoms with Crippen LogP contribution in [0.5, 0.6) is 5.75 Å². The molecule has 0 saturated carbocycles. The Morgan fingerprint density at radius 2 is 2.03 bits per heavy atom. The Kier molecular flexibility index (Phi) is 9.93. The van der Waals surface area contributed by atoms with Gasteiger partial charge in [0.15, 0.2) is 0 Å². The summed E-state index contributed by atoms with van der Waals surface area (Å²) in [5.74, 6) is 0.958. The van der Waals surface area contributed by atoms with Crippen LogP contribution in [0.1, 0.15) is 55.8 Å². The quantitative estimate of drug-likeness (QED) is 0.188. The lowest BCUT2D eigenvalue weighted by Gasteiger charge is -2.41. The number of halogens is 1. The van der Waals surface area contributed by atoms with E-state index in [2.05, 4.69) is 41.1 Å². The van der Waals surface area contributed by atoms with Crippen molar-refractivity contribution in [1.29, 1.82) is 0 Å². The molecule has 2 N–H and O–H groups in total. The highest BCUT2D eigenvalue weighted by atomic mass is 35.5. The van der Waals surface area contributed by atoms with E-state index in [0.717, 1.165) is 55.6 Å². The number of piperidine rings is 1. The summed E-state index contributed by atoms with van der Waals surface area (Å²) in [6, 6.07) is 14.1. The number of carboxylic acid groups (broad SMARTS) is 1. The first-order chi connectivity index (χ1) is 18.3. The number of benzene rings is 2. The molecule has 4 rings (SSSR count). The zero-order valence-electron chi connectivity index (χ0n) is 22.2. The topological polar surface area (TPSA) is 82.9 Å². The molecule has 1 fully saturated rings. The van der Waals surface area contributed by atoms with Gasteiger partial charge < -0.3 is 19.8 Å². The molecular weight excluding hydrogens is 520 g/mol. The van der Waals surface area contributed by atoms with Crippen LogP contribution in [-0.2, 0) is 4.79 Å². The fourth-order valence-electron chi connectivity index (χ4n) is 5.49. The Morgan fingerprint density at radius 1 is 1.24 bits per heavy atom. The third kappa shape index (κ3) is 7.41. The Hall–Kier alpha value is -2.32. The van der Waals surface area contributed by atoms with Gasteiger partial charge in [0.2, 0.25) is 0 Å². The molecule has 0 amide bonds. The van der Waals surface area contributed by atoms with Crippen molar-refractivity contribution in [3.8, 4) is 5.75 Å². The number of carbonyl (C=O) groups is 1. The number of thioether (sulfide) groups is 1.